The molecular weight excluding hydrogens is 322 g/mol. The zero-order valence-electron chi connectivity index (χ0n) is 13.7. The van der Waals surface area contributed by atoms with E-state index in [-0.39, 0.29) is 0 Å². The Kier molecular flexibility index (Phi) is 3.64. The smallest absolute Gasteiger partial charge is 0.241 e. The Bertz CT molecular complexity index is 714. The third kappa shape index (κ3) is 2.76. The van der Waals surface area contributed by atoms with Crippen LogP contribution in [0.5, 0.6) is 0 Å². The molecule has 4 fully saturated rings. The molecule has 2 aliphatic carbocycles. The van der Waals surface area contributed by atoms with E-state index >= 15 is 0 Å². The molecule has 5 heteroatoms. The van der Waals surface area contributed by atoms with Crippen LogP contribution in [0.4, 0.5) is 0 Å². The van der Waals surface area contributed by atoms with Crippen LogP contribution in [-0.2, 0) is 6.54 Å². The van der Waals surface area contributed by atoms with E-state index in [4.69, 9.17) is 16.1 Å². The molecule has 2 saturated carbocycles. The SMILES string of the molecule is Clc1ccc(-c2noc(CN3CC4C[C@@H]5CC3C[C@H](C4)C5)n2)cc1. The number of aromatic nitrogens is 2. The normalized spacial score (nSPS) is 32.2. The second-order valence-corrected chi connectivity index (χ2v) is 8.31. The van der Waals surface area contributed by atoms with Gasteiger partial charge in [-0.2, -0.15) is 4.98 Å². The van der Waals surface area contributed by atoms with Crippen molar-refractivity contribution in [3.05, 3.63) is 35.2 Å². The Morgan fingerprint density at radius 2 is 1.71 bits per heavy atom. The Balaban J connectivity index is 1.34. The third-order valence-corrected chi connectivity index (χ3v) is 6.38. The third-order valence-electron chi connectivity index (χ3n) is 6.13. The highest BCUT2D eigenvalue weighted by molar-refractivity contribution is 6.30. The van der Waals surface area contributed by atoms with Gasteiger partial charge >= 0.3 is 0 Å². The first-order valence-electron chi connectivity index (χ1n) is 9.05. The van der Waals surface area contributed by atoms with E-state index in [0.29, 0.717) is 11.9 Å². The molecule has 1 aromatic carbocycles. The summed E-state index contributed by atoms with van der Waals surface area (Å²) in [6.45, 7) is 2.00. The van der Waals surface area contributed by atoms with E-state index in [1.54, 1.807) is 0 Å². The highest BCUT2D eigenvalue weighted by atomic mass is 35.5. The van der Waals surface area contributed by atoms with Crippen LogP contribution in [0.15, 0.2) is 28.8 Å². The predicted molar refractivity (Wildman–Crippen MR) is 92.5 cm³/mol. The van der Waals surface area contributed by atoms with Crippen LogP contribution < -0.4 is 0 Å². The summed E-state index contributed by atoms with van der Waals surface area (Å²) in [5, 5.41) is 4.88. The van der Waals surface area contributed by atoms with Gasteiger partial charge in [-0.25, -0.2) is 0 Å². The van der Waals surface area contributed by atoms with Crippen molar-refractivity contribution in [2.75, 3.05) is 6.54 Å². The van der Waals surface area contributed by atoms with Crippen molar-refractivity contribution >= 4 is 11.6 Å². The minimum atomic E-state index is 0.655. The molecule has 4 atom stereocenters. The van der Waals surface area contributed by atoms with Crippen LogP contribution in [0.25, 0.3) is 11.4 Å². The number of rotatable bonds is 3. The molecule has 2 aromatic rings. The lowest BCUT2D eigenvalue weighted by Gasteiger charge is -2.38. The fourth-order valence-corrected chi connectivity index (χ4v) is 5.41. The number of hydrogen-bond acceptors (Lipinski definition) is 4. The lowest BCUT2D eigenvalue weighted by molar-refractivity contribution is 0.114. The Labute approximate surface area is 147 Å². The Morgan fingerprint density at radius 1 is 1.00 bits per heavy atom. The molecule has 3 heterocycles. The lowest BCUT2D eigenvalue weighted by atomic mass is 9.68. The Hall–Kier alpha value is -1.39. The van der Waals surface area contributed by atoms with Crippen molar-refractivity contribution in [2.45, 2.75) is 44.7 Å². The lowest BCUT2D eigenvalue weighted by Crippen LogP contribution is -2.37. The first kappa shape index (κ1) is 14.9. The van der Waals surface area contributed by atoms with Gasteiger partial charge in [0.1, 0.15) is 0 Å². The summed E-state index contributed by atoms with van der Waals surface area (Å²) in [5.41, 5.74) is 0.949. The van der Waals surface area contributed by atoms with E-state index in [1.807, 2.05) is 24.3 Å². The van der Waals surface area contributed by atoms with Crippen LogP contribution in [0.1, 0.15) is 38.0 Å². The van der Waals surface area contributed by atoms with E-state index in [9.17, 15) is 0 Å². The monoisotopic (exact) mass is 343 g/mol. The summed E-state index contributed by atoms with van der Waals surface area (Å²) in [4.78, 5) is 7.23. The van der Waals surface area contributed by atoms with Gasteiger partial charge in [-0.15, -0.1) is 0 Å². The molecule has 0 N–H and O–H groups in total. The highest BCUT2D eigenvalue weighted by Gasteiger charge is 2.42. The molecule has 2 unspecified atom stereocenters. The van der Waals surface area contributed by atoms with Crippen molar-refractivity contribution in [1.29, 1.82) is 0 Å². The van der Waals surface area contributed by atoms with E-state index in [1.165, 1.54) is 38.6 Å². The molecule has 1 aromatic heterocycles. The molecule has 4 aliphatic rings. The predicted octanol–water partition coefficient (Wildman–Crippen LogP) is 4.40. The molecule has 4 nitrogen and oxygen atoms in total. The van der Waals surface area contributed by atoms with Crippen LogP contribution >= 0.6 is 11.6 Å². The fourth-order valence-electron chi connectivity index (χ4n) is 5.28. The van der Waals surface area contributed by atoms with Gasteiger partial charge in [0.2, 0.25) is 11.7 Å². The molecule has 6 rings (SSSR count). The van der Waals surface area contributed by atoms with Crippen molar-refractivity contribution < 1.29 is 4.52 Å². The quantitative estimate of drug-likeness (QED) is 0.828. The average molecular weight is 344 g/mol. The van der Waals surface area contributed by atoms with Gasteiger partial charge in [-0.3, -0.25) is 4.90 Å². The maximum absolute atomic E-state index is 5.94. The number of halogens is 1. The number of fused-ring (bicyclic) bond motifs is 1. The van der Waals surface area contributed by atoms with Crippen LogP contribution in [-0.4, -0.2) is 27.6 Å². The van der Waals surface area contributed by atoms with E-state index in [2.05, 4.69) is 15.0 Å². The molecule has 4 bridgehead atoms. The molecule has 0 amide bonds. The maximum atomic E-state index is 5.94. The Morgan fingerprint density at radius 3 is 2.46 bits per heavy atom. The number of hydrogen-bond donors (Lipinski definition) is 0. The highest BCUT2D eigenvalue weighted by Crippen LogP contribution is 2.47. The molecular formula is C19H22ClN3O. The summed E-state index contributed by atoms with van der Waals surface area (Å²) >= 11 is 5.94. The summed E-state index contributed by atoms with van der Waals surface area (Å²) in [7, 11) is 0. The average Bonchev–Trinajstić information content (AvgIpc) is 2.94. The minimum Gasteiger partial charge on any atom is -0.338 e. The van der Waals surface area contributed by atoms with Gasteiger partial charge in [0.15, 0.2) is 0 Å². The summed E-state index contributed by atoms with van der Waals surface area (Å²) in [6, 6.07) is 8.30. The molecule has 24 heavy (non-hydrogen) atoms. The van der Waals surface area contributed by atoms with Gasteiger partial charge in [-0.1, -0.05) is 16.8 Å². The standard InChI is InChI=1S/C19H22ClN3O/c20-16-3-1-15(2-4-16)19-21-18(24-22-19)11-23-10-14-6-12-5-13(7-14)9-17(23)8-12/h1-4,12-14,17H,5-11H2/t12-,13+,14?,17?. The van der Waals surface area contributed by atoms with Crippen molar-refractivity contribution in [3.8, 4) is 11.4 Å². The van der Waals surface area contributed by atoms with Gasteiger partial charge < -0.3 is 4.52 Å². The van der Waals surface area contributed by atoms with Gasteiger partial charge in [0.05, 0.1) is 6.54 Å². The molecule has 126 valence electrons. The topological polar surface area (TPSA) is 42.2 Å². The van der Waals surface area contributed by atoms with Gasteiger partial charge in [-0.05, 0) is 74.1 Å². The summed E-state index contributed by atoms with van der Waals surface area (Å²) in [6.07, 6.45) is 7.07. The molecule has 2 aliphatic heterocycles. The van der Waals surface area contributed by atoms with Crippen molar-refractivity contribution in [3.63, 3.8) is 0 Å². The first-order valence-corrected chi connectivity index (χ1v) is 9.43. The number of nitrogens with zero attached hydrogens (tertiary/aromatic N) is 3. The molecule has 0 radical (unpaired) electrons. The maximum Gasteiger partial charge on any atom is 0.241 e. The van der Waals surface area contributed by atoms with E-state index < -0.39 is 0 Å². The zero-order valence-corrected chi connectivity index (χ0v) is 14.5. The minimum absolute atomic E-state index is 0.655. The second-order valence-electron chi connectivity index (χ2n) is 7.88. The zero-order chi connectivity index (χ0) is 16.1. The summed E-state index contributed by atoms with van der Waals surface area (Å²) in [5.74, 6) is 4.19. The number of benzene rings is 1. The first-order chi connectivity index (χ1) is 11.7. The van der Waals surface area contributed by atoms with E-state index in [0.717, 1.165) is 40.8 Å². The molecule has 0 spiro atoms. The van der Waals surface area contributed by atoms with Gasteiger partial charge in [0, 0.05) is 23.2 Å². The van der Waals surface area contributed by atoms with Crippen molar-refractivity contribution in [2.24, 2.45) is 17.8 Å². The van der Waals surface area contributed by atoms with Crippen molar-refractivity contribution in [1.82, 2.24) is 15.0 Å². The fraction of sp³-hybridized carbons (Fsp3) is 0.579. The van der Waals surface area contributed by atoms with Crippen LogP contribution in [0.2, 0.25) is 5.02 Å². The van der Waals surface area contributed by atoms with Gasteiger partial charge in [0.25, 0.3) is 0 Å². The van der Waals surface area contributed by atoms with Crippen LogP contribution in [0, 0.1) is 17.8 Å². The summed E-state index contributed by atoms with van der Waals surface area (Å²) < 4.78 is 5.54. The second kappa shape index (κ2) is 5.85. The largest absolute Gasteiger partial charge is 0.338 e. The van der Waals surface area contributed by atoms with Crippen LogP contribution in [0.3, 0.4) is 0 Å². The molecule has 2 saturated heterocycles.